The number of carbonyl (C=O) groups excluding carboxylic acids is 1. The number of carbonyl (C=O) groups is 1. The molecule has 1 aliphatic carbocycles. The van der Waals surface area contributed by atoms with Crippen LogP contribution in [0.3, 0.4) is 0 Å². The fraction of sp³-hybridized carbons (Fsp3) is 0.364. The monoisotopic (exact) mass is 413 g/mol. The van der Waals surface area contributed by atoms with Gasteiger partial charge in [-0.3, -0.25) is 9.78 Å². The topological polar surface area (TPSA) is 70.6 Å². The van der Waals surface area contributed by atoms with Gasteiger partial charge in [-0.25, -0.2) is 8.42 Å². The molecule has 1 heterocycles. The lowest BCUT2D eigenvalue weighted by atomic mass is 10.2. The van der Waals surface area contributed by atoms with Gasteiger partial charge >= 0.3 is 0 Å². The van der Waals surface area contributed by atoms with E-state index in [9.17, 15) is 13.2 Å². The molecular formula is C22H27N3O3S. The molecule has 0 N–H and O–H groups in total. The highest BCUT2D eigenvalue weighted by Gasteiger charge is 2.31. The van der Waals surface area contributed by atoms with Crippen molar-refractivity contribution in [1.29, 1.82) is 0 Å². The van der Waals surface area contributed by atoms with Crippen LogP contribution in [0.1, 0.15) is 37.9 Å². The van der Waals surface area contributed by atoms with Gasteiger partial charge in [0.05, 0.1) is 17.1 Å². The van der Waals surface area contributed by atoms with Crippen LogP contribution >= 0.6 is 0 Å². The summed E-state index contributed by atoms with van der Waals surface area (Å²) in [6.45, 7) is 5.00. The number of benzene rings is 1. The van der Waals surface area contributed by atoms with E-state index in [1.54, 1.807) is 42.6 Å². The Bertz CT molecular complexity index is 949. The fourth-order valence-corrected chi connectivity index (χ4v) is 4.62. The van der Waals surface area contributed by atoms with Crippen LogP contribution in [-0.4, -0.2) is 47.6 Å². The molecule has 0 aliphatic heterocycles. The molecule has 0 bridgehead atoms. The maximum atomic E-state index is 12.7. The summed E-state index contributed by atoms with van der Waals surface area (Å²) in [7, 11) is -3.47. The van der Waals surface area contributed by atoms with Crippen molar-refractivity contribution < 1.29 is 13.2 Å². The Balaban J connectivity index is 1.69. The van der Waals surface area contributed by atoms with Crippen molar-refractivity contribution in [3.63, 3.8) is 0 Å². The number of aromatic nitrogens is 1. The van der Waals surface area contributed by atoms with Gasteiger partial charge in [0.25, 0.3) is 0 Å². The summed E-state index contributed by atoms with van der Waals surface area (Å²) in [5.41, 5.74) is 1.65. The molecule has 1 amide bonds. The van der Waals surface area contributed by atoms with E-state index in [0.29, 0.717) is 19.6 Å². The van der Waals surface area contributed by atoms with E-state index in [0.717, 1.165) is 24.1 Å². The molecule has 1 aromatic heterocycles. The predicted molar refractivity (Wildman–Crippen MR) is 113 cm³/mol. The van der Waals surface area contributed by atoms with Gasteiger partial charge in [0.15, 0.2) is 0 Å². The van der Waals surface area contributed by atoms with E-state index in [4.69, 9.17) is 0 Å². The normalized spacial score (nSPS) is 14.4. The molecule has 154 valence electrons. The van der Waals surface area contributed by atoms with E-state index in [-0.39, 0.29) is 16.8 Å². The smallest absolute Gasteiger partial charge is 0.247 e. The molecule has 0 saturated heterocycles. The van der Waals surface area contributed by atoms with E-state index >= 15 is 0 Å². The second kappa shape index (κ2) is 9.33. The first-order valence-corrected chi connectivity index (χ1v) is 11.4. The third-order valence-corrected chi connectivity index (χ3v) is 7.03. The second-order valence-electron chi connectivity index (χ2n) is 7.01. The molecular weight excluding hydrogens is 386 g/mol. The van der Waals surface area contributed by atoms with Crippen molar-refractivity contribution in [2.24, 2.45) is 0 Å². The zero-order valence-corrected chi connectivity index (χ0v) is 17.7. The molecule has 2 aromatic rings. The quantitative estimate of drug-likeness (QED) is 0.592. The summed E-state index contributed by atoms with van der Waals surface area (Å²) in [5, 5.41) is 0. The first kappa shape index (κ1) is 21.2. The minimum Gasteiger partial charge on any atom is -0.330 e. The number of pyridine rings is 1. The maximum absolute atomic E-state index is 12.7. The summed E-state index contributed by atoms with van der Waals surface area (Å²) in [6, 6.07) is 12.6. The van der Waals surface area contributed by atoms with Crippen molar-refractivity contribution in [2.75, 3.05) is 13.1 Å². The lowest BCUT2D eigenvalue weighted by Gasteiger charge is -2.20. The van der Waals surface area contributed by atoms with Crippen LogP contribution < -0.4 is 0 Å². The zero-order valence-electron chi connectivity index (χ0n) is 16.9. The molecule has 6 nitrogen and oxygen atoms in total. The van der Waals surface area contributed by atoms with Gasteiger partial charge in [-0.1, -0.05) is 32.0 Å². The zero-order chi connectivity index (χ0) is 20.9. The van der Waals surface area contributed by atoms with Gasteiger partial charge in [0, 0.05) is 31.4 Å². The van der Waals surface area contributed by atoms with Crippen molar-refractivity contribution in [3.8, 4) is 0 Å². The molecule has 29 heavy (non-hydrogen) atoms. The number of sulfonamides is 1. The third kappa shape index (κ3) is 5.31. The average Bonchev–Trinajstić information content (AvgIpc) is 3.57. The van der Waals surface area contributed by atoms with Crippen LogP contribution in [0, 0.1) is 0 Å². The third-order valence-electron chi connectivity index (χ3n) is 4.97. The molecule has 0 atom stereocenters. The molecule has 1 saturated carbocycles. The standard InChI is InChI=1S/C22H27N3O3S/c1-3-24(4-2)29(27,28)21-13-8-18(9-14-21)10-15-22(26)25(20-11-12-20)17-19-7-5-6-16-23-19/h5-10,13-16,20H,3-4,11-12,17H2,1-2H3. The molecule has 1 aliphatic rings. The Labute approximate surface area is 172 Å². The van der Waals surface area contributed by atoms with Gasteiger partial charge < -0.3 is 4.90 Å². The summed E-state index contributed by atoms with van der Waals surface area (Å²) < 4.78 is 26.5. The Morgan fingerprint density at radius 2 is 1.79 bits per heavy atom. The number of nitrogens with zero attached hydrogens (tertiary/aromatic N) is 3. The van der Waals surface area contributed by atoms with E-state index in [1.807, 2.05) is 36.9 Å². The summed E-state index contributed by atoms with van der Waals surface area (Å²) in [6.07, 6.45) is 7.04. The largest absolute Gasteiger partial charge is 0.330 e. The number of amides is 1. The first-order chi connectivity index (χ1) is 14.0. The Kier molecular flexibility index (Phi) is 6.82. The number of hydrogen-bond acceptors (Lipinski definition) is 4. The minimum absolute atomic E-state index is 0.0574. The summed E-state index contributed by atoms with van der Waals surface area (Å²) >= 11 is 0. The highest BCUT2D eigenvalue weighted by atomic mass is 32.2. The molecule has 7 heteroatoms. The number of rotatable bonds is 9. The molecule has 1 aromatic carbocycles. The van der Waals surface area contributed by atoms with Crippen molar-refractivity contribution >= 4 is 22.0 Å². The van der Waals surface area contributed by atoms with Crippen LogP contribution in [0.4, 0.5) is 0 Å². The van der Waals surface area contributed by atoms with Crippen LogP contribution in [-0.2, 0) is 21.4 Å². The minimum atomic E-state index is -3.47. The van der Waals surface area contributed by atoms with Crippen LogP contribution in [0.25, 0.3) is 6.08 Å². The van der Waals surface area contributed by atoms with Crippen LogP contribution in [0.5, 0.6) is 0 Å². The summed E-state index contributed by atoms with van der Waals surface area (Å²) in [5.74, 6) is -0.0574. The highest BCUT2D eigenvalue weighted by molar-refractivity contribution is 7.89. The molecule has 3 rings (SSSR count). The van der Waals surface area contributed by atoms with Crippen LogP contribution in [0.15, 0.2) is 59.6 Å². The van der Waals surface area contributed by atoms with Crippen molar-refractivity contribution in [3.05, 3.63) is 66.0 Å². The second-order valence-corrected chi connectivity index (χ2v) is 8.95. The van der Waals surface area contributed by atoms with Crippen LogP contribution in [0.2, 0.25) is 0 Å². The average molecular weight is 414 g/mol. The van der Waals surface area contributed by atoms with Gasteiger partial charge in [-0.2, -0.15) is 4.31 Å². The number of hydrogen-bond donors (Lipinski definition) is 0. The fourth-order valence-electron chi connectivity index (χ4n) is 3.17. The molecule has 0 radical (unpaired) electrons. The van der Waals surface area contributed by atoms with Gasteiger partial charge in [-0.05, 0) is 48.7 Å². The van der Waals surface area contributed by atoms with E-state index < -0.39 is 10.0 Å². The SMILES string of the molecule is CCN(CC)S(=O)(=O)c1ccc(C=CC(=O)N(Cc2ccccn2)C2CC2)cc1. The Morgan fingerprint density at radius 1 is 1.10 bits per heavy atom. The predicted octanol–water partition coefficient (Wildman–Crippen LogP) is 3.32. The van der Waals surface area contributed by atoms with Gasteiger partial charge in [0.2, 0.25) is 15.9 Å². The Morgan fingerprint density at radius 3 is 2.34 bits per heavy atom. The van der Waals surface area contributed by atoms with Crippen molar-refractivity contribution in [2.45, 2.75) is 44.2 Å². The lowest BCUT2D eigenvalue weighted by Crippen LogP contribution is -2.31. The van der Waals surface area contributed by atoms with E-state index in [2.05, 4.69) is 4.98 Å². The molecule has 0 unspecified atom stereocenters. The lowest BCUT2D eigenvalue weighted by molar-refractivity contribution is -0.127. The van der Waals surface area contributed by atoms with Gasteiger partial charge in [-0.15, -0.1) is 0 Å². The van der Waals surface area contributed by atoms with Crippen molar-refractivity contribution in [1.82, 2.24) is 14.2 Å². The first-order valence-electron chi connectivity index (χ1n) is 9.94. The van der Waals surface area contributed by atoms with Gasteiger partial charge in [0.1, 0.15) is 0 Å². The van der Waals surface area contributed by atoms with E-state index in [1.165, 1.54) is 4.31 Å². The summed E-state index contributed by atoms with van der Waals surface area (Å²) in [4.78, 5) is 19.1. The highest BCUT2D eigenvalue weighted by Crippen LogP contribution is 2.28. The molecule has 0 spiro atoms. The molecule has 1 fully saturated rings. The Hall–Kier alpha value is -2.51. The maximum Gasteiger partial charge on any atom is 0.247 e.